The molecule has 5 nitrogen and oxygen atoms in total. The van der Waals surface area contributed by atoms with Gasteiger partial charge in [-0.15, -0.1) is 0 Å². The quantitative estimate of drug-likeness (QED) is 0.398. The summed E-state index contributed by atoms with van der Waals surface area (Å²) >= 11 is 0. The molecule has 0 spiro atoms. The predicted molar refractivity (Wildman–Crippen MR) is 52.7 cm³/mol. The monoisotopic (exact) mass is 199 g/mol. The molecule has 1 rings (SSSR count). The van der Waals surface area contributed by atoms with E-state index >= 15 is 0 Å². The van der Waals surface area contributed by atoms with Crippen LogP contribution in [-0.4, -0.2) is 24.5 Å². The van der Waals surface area contributed by atoms with Crippen LogP contribution in [0, 0.1) is 0 Å². The Morgan fingerprint density at radius 3 is 2.71 bits per heavy atom. The number of rotatable bonds is 3. The molecule has 5 heteroatoms. The third-order valence-electron chi connectivity index (χ3n) is 2.23. The lowest BCUT2D eigenvalue weighted by atomic mass is 10.0. The molecule has 0 radical (unpaired) electrons. The molecule has 80 valence electrons. The van der Waals surface area contributed by atoms with Gasteiger partial charge in [0, 0.05) is 4.91 Å². The molecule has 0 bridgehead atoms. The molecule has 0 N–H and O–H groups in total. The average molecular weight is 199 g/mol. The summed E-state index contributed by atoms with van der Waals surface area (Å²) in [5.41, 5.74) is 8.32. The summed E-state index contributed by atoms with van der Waals surface area (Å²) in [7, 11) is 0. The van der Waals surface area contributed by atoms with Crippen LogP contribution < -0.4 is 0 Å². The maximum Gasteiger partial charge on any atom is 0.158 e. The molecule has 14 heavy (non-hydrogen) atoms. The number of ether oxygens (including phenoxy) is 2. The van der Waals surface area contributed by atoms with Gasteiger partial charge in [0.05, 0.1) is 18.2 Å². The third kappa shape index (κ3) is 3.18. The maximum absolute atomic E-state index is 8.32. The largest absolute Gasteiger partial charge is 0.350 e. The van der Waals surface area contributed by atoms with Crippen molar-refractivity contribution < 1.29 is 9.47 Å². The van der Waals surface area contributed by atoms with Crippen molar-refractivity contribution >= 4 is 0 Å². The van der Waals surface area contributed by atoms with Gasteiger partial charge in [-0.2, -0.15) is 0 Å². The molecular formula is C9H17N3O2. The first kappa shape index (κ1) is 11.3. The molecule has 0 aliphatic carbocycles. The van der Waals surface area contributed by atoms with Gasteiger partial charge in [0.25, 0.3) is 0 Å². The van der Waals surface area contributed by atoms with Crippen molar-refractivity contribution in [2.45, 2.75) is 58.2 Å². The van der Waals surface area contributed by atoms with Crippen LogP contribution in [0.15, 0.2) is 5.11 Å². The van der Waals surface area contributed by atoms with E-state index < -0.39 is 0 Å². The number of azide groups is 1. The smallest absolute Gasteiger partial charge is 0.158 e. The first-order chi connectivity index (χ1) is 6.63. The highest BCUT2D eigenvalue weighted by Gasteiger charge is 2.28. The van der Waals surface area contributed by atoms with Gasteiger partial charge < -0.3 is 9.47 Å². The van der Waals surface area contributed by atoms with Crippen LogP contribution >= 0.6 is 0 Å². The summed E-state index contributed by atoms with van der Waals surface area (Å²) in [4.78, 5) is 2.80. The first-order valence-corrected chi connectivity index (χ1v) is 4.98. The Bertz CT molecular complexity index is 226. The number of hydrogen-bond acceptors (Lipinski definition) is 3. The molecule has 1 fully saturated rings. The second kappa shape index (κ2) is 5.20. The van der Waals surface area contributed by atoms with Crippen molar-refractivity contribution in [3.8, 4) is 0 Å². The molecule has 1 aliphatic heterocycles. The Balaban J connectivity index is 2.42. The molecule has 0 amide bonds. The van der Waals surface area contributed by atoms with Gasteiger partial charge in [0.15, 0.2) is 6.29 Å². The van der Waals surface area contributed by atoms with E-state index in [1.165, 1.54) is 0 Å². The molecule has 1 heterocycles. The van der Waals surface area contributed by atoms with Crippen molar-refractivity contribution in [2.24, 2.45) is 5.11 Å². The standard InChI is InChI=1S/C9H17N3O2/c1-6(2)13-9-5-4-8(11-12-10)7(3)14-9/h6-9H,4-5H2,1-3H3/t7?,8-,9+/m0/s1. The lowest BCUT2D eigenvalue weighted by molar-refractivity contribution is -0.208. The van der Waals surface area contributed by atoms with Gasteiger partial charge in [0.1, 0.15) is 0 Å². The molecule has 1 saturated heterocycles. The van der Waals surface area contributed by atoms with Gasteiger partial charge in [-0.05, 0) is 39.1 Å². The van der Waals surface area contributed by atoms with Crippen molar-refractivity contribution in [2.75, 3.05) is 0 Å². The van der Waals surface area contributed by atoms with Crippen LogP contribution in [0.4, 0.5) is 0 Å². The van der Waals surface area contributed by atoms with Crippen LogP contribution in [0.25, 0.3) is 10.4 Å². The normalized spacial score (nSPS) is 32.7. The zero-order valence-corrected chi connectivity index (χ0v) is 8.88. The Hall–Kier alpha value is -0.770. The van der Waals surface area contributed by atoms with E-state index in [0.29, 0.717) is 0 Å². The minimum atomic E-state index is -0.143. The van der Waals surface area contributed by atoms with Crippen molar-refractivity contribution in [3.05, 3.63) is 10.4 Å². The minimum Gasteiger partial charge on any atom is -0.350 e. The van der Waals surface area contributed by atoms with E-state index in [1.54, 1.807) is 0 Å². The fourth-order valence-corrected chi connectivity index (χ4v) is 1.56. The number of nitrogens with zero attached hydrogens (tertiary/aromatic N) is 3. The number of hydrogen-bond donors (Lipinski definition) is 0. The lowest BCUT2D eigenvalue weighted by Crippen LogP contribution is -2.37. The second-order valence-electron chi connectivity index (χ2n) is 3.81. The highest BCUT2D eigenvalue weighted by atomic mass is 16.7. The van der Waals surface area contributed by atoms with Gasteiger partial charge >= 0.3 is 0 Å². The molecule has 1 aliphatic rings. The van der Waals surface area contributed by atoms with E-state index in [1.807, 2.05) is 20.8 Å². The van der Waals surface area contributed by atoms with E-state index in [9.17, 15) is 0 Å². The molecule has 3 atom stereocenters. The SMILES string of the molecule is CC(C)O[C@H]1CC[C@H](N=[N+]=[N-])C(C)O1. The Morgan fingerprint density at radius 2 is 2.21 bits per heavy atom. The van der Waals surface area contributed by atoms with Crippen LogP contribution in [0.5, 0.6) is 0 Å². The summed E-state index contributed by atoms with van der Waals surface area (Å²) in [6, 6.07) is -0.0491. The first-order valence-electron chi connectivity index (χ1n) is 4.98. The second-order valence-corrected chi connectivity index (χ2v) is 3.81. The van der Waals surface area contributed by atoms with Crippen molar-refractivity contribution in [1.29, 1.82) is 0 Å². The zero-order valence-electron chi connectivity index (χ0n) is 8.88. The van der Waals surface area contributed by atoms with Gasteiger partial charge in [-0.3, -0.25) is 0 Å². The minimum absolute atomic E-state index is 0.0491. The molecule has 1 unspecified atom stereocenters. The van der Waals surface area contributed by atoms with Crippen molar-refractivity contribution in [3.63, 3.8) is 0 Å². The Labute approximate surface area is 84.0 Å². The summed E-state index contributed by atoms with van der Waals surface area (Å²) < 4.78 is 11.1. The highest BCUT2D eigenvalue weighted by Crippen LogP contribution is 2.23. The molecule has 0 aromatic carbocycles. The fourth-order valence-electron chi connectivity index (χ4n) is 1.56. The molecular weight excluding hydrogens is 182 g/mol. The van der Waals surface area contributed by atoms with E-state index in [2.05, 4.69) is 10.0 Å². The maximum atomic E-state index is 8.32. The summed E-state index contributed by atoms with van der Waals surface area (Å²) in [6.07, 6.45) is 1.61. The van der Waals surface area contributed by atoms with Gasteiger partial charge in [0.2, 0.25) is 0 Å². The Kier molecular flexibility index (Phi) is 4.20. The van der Waals surface area contributed by atoms with Crippen LogP contribution in [-0.2, 0) is 9.47 Å². The van der Waals surface area contributed by atoms with Crippen molar-refractivity contribution in [1.82, 2.24) is 0 Å². The van der Waals surface area contributed by atoms with Crippen LogP contribution in [0.1, 0.15) is 33.6 Å². The third-order valence-corrected chi connectivity index (χ3v) is 2.23. The van der Waals surface area contributed by atoms with E-state index in [4.69, 9.17) is 15.0 Å². The van der Waals surface area contributed by atoms with Gasteiger partial charge in [-0.1, -0.05) is 5.11 Å². The zero-order chi connectivity index (χ0) is 10.6. The molecule has 0 saturated carbocycles. The van der Waals surface area contributed by atoms with Gasteiger partial charge in [-0.25, -0.2) is 0 Å². The fraction of sp³-hybridized carbons (Fsp3) is 1.00. The molecule has 0 aromatic rings. The van der Waals surface area contributed by atoms with E-state index in [-0.39, 0.29) is 24.5 Å². The topological polar surface area (TPSA) is 67.2 Å². The van der Waals surface area contributed by atoms with E-state index in [0.717, 1.165) is 12.8 Å². The lowest BCUT2D eigenvalue weighted by Gasteiger charge is -2.32. The van der Waals surface area contributed by atoms with Crippen LogP contribution in [0.2, 0.25) is 0 Å². The van der Waals surface area contributed by atoms with Crippen LogP contribution in [0.3, 0.4) is 0 Å². The Morgan fingerprint density at radius 1 is 1.50 bits per heavy atom. The highest BCUT2D eigenvalue weighted by molar-refractivity contribution is 4.79. The summed E-state index contributed by atoms with van der Waals surface area (Å²) in [6.45, 7) is 5.87. The predicted octanol–water partition coefficient (Wildman–Crippen LogP) is 2.62. The summed E-state index contributed by atoms with van der Waals surface area (Å²) in [5, 5.41) is 3.68. The average Bonchev–Trinajstić information content (AvgIpc) is 2.09. The summed E-state index contributed by atoms with van der Waals surface area (Å²) in [5.74, 6) is 0. The molecule has 0 aromatic heterocycles.